The van der Waals surface area contributed by atoms with Crippen molar-refractivity contribution in [2.45, 2.75) is 71.3 Å². The van der Waals surface area contributed by atoms with E-state index in [2.05, 4.69) is 20.8 Å². The Labute approximate surface area is 288 Å². The lowest BCUT2D eigenvalue weighted by Crippen LogP contribution is -2.58. The molecular formula is C39H44NO6PS. The zero-order valence-electron chi connectivity index (χ0n) is 28.0. The van der Waals surface area contributed by atoms with Crippen LogP contribution in [0, 0.1) is 11.3 Å². The molecule has 0 aromatic heterocycles. The molecule has 0 bridgehead atoms. The van der Waals surface area contributed by atoms with E-state index in [1.54, 1.807) is 5.41 Å². The normalized spacial score (nSPS) is 21.1. The molecule has 252 valence electrons. The van der Waals surface area contributed by atoms with Crippen LogP contribution in [-0.4, -0.2) is 52.0 Å². The third-order valence-corrected chi connectivity index (χ3v) is 14.8. The van der Waals surface area contributed by atoms with Crippen molar-refractivity contribution in [1.82, 2.24) is 4.90 Å². The molecule has 0 radical (unpaired) electrons. The number of β-lactam (4-membered cyclic amide) rings is 1. The molecule has 1 heterocycles. The molecular weight excluding hydrogens is 641 g/mol. The molecule has 2 fully saturated rings. The minimum Gasteiger partial charge on any atom is -0.459 e. The maximum Gasteiger partial charge on any atom is 0.356 e. The van der Waals surface area contributed by atoms with Gasteiger partial charge in [0.1, 0.15) is 18.1 Å². The lowest BCUT2D eigenvalue weighted by atomic mass is 9.67. The fourth-order valence-corrected chi connectivity index (χ4v) is 12.1. The van der Waals surface area contributed by atoms with E-state index in [-0.39, 0.29) is 35.0 Å². The quantitative estimate of drug-likeness (QED) is 0.0972. The summed E-state index contributed by atoms with van der Waals surface area (Å²) in [5.41, 5.74) is 0.344. The van der Waals surface area contributed by atoms with Crippen molar-refractivity contribution >= 4 is 63.6 Å². The van der Waals surface area contributed by atoms with E-state index in [4.69, 9.17) is 9.47 Å². The number of Topliss-reactive ketones (excluding diaryl/α,β-unsaturated/α-hetero) is 1. The molecule has 7 nitrogen and oxygen atoms in total. The van der Waals surface area contributed by atoms with E-state index in [9.17, 15) is 19.2 Å². The van der Waals surface area contributed by atoms with Crippen molar-refractivity contribution in [3.05, 3.63) is 102 Å². The van der Waals surface area contributed by atoms with Gasteiger partial charge in [-0.25, -0.2) is 9.59 Å². The first-order chi connectivity index (χ1) is 23.1. The number of rotatable bonds is 12. The minimum absolute atomic E-state index is 0.126. The highest BCUT2D eigenvalue weighted by Crippen LogP contribution is 2.49. The maximum absolute atomic E-state index is 14.4. The van der Waals surface area contributed by atoms with E-state index in [0.717, 1.165) is 41.6 Å². The summed E-state index contributed by atoms with van der Waals surface area (Å²) in [6.07, 6.45) is 5.30. The van der Waals surface area contributed by atoms with Gasteiger partial charge >= 0.3 is 11.9 Å². The van der Waals surface area contributed by atoms with E-state index in [1.807, 2.05) is 91.0 Å². The number of likely N-dealkylation sites (tertiary alicyclic amines) is 1. The highest BCUT2D eigenvalue weighted by molar-refractivity contribution is 8.03. The van der Waals surface area contributed by atoms with Crippen molar-refractivity contribution in [2.24, 2.45) is 11.3 Å². The van der Waals surface area contributed by atoms with Gasteiger partial charge in [-0.15, -0.1) is 11.8 Å². The number of ketones is 1. The SMILES string of the molecule is CC(=O)COC(=O)C(N1C(=O)C[C@H]1SC=CC(=O)O[C@H]1CCC[C@](C)(C(C)C)C1)=P(c1ccccc1)(c1ccccc1)c1ccccc1. The zero-order valence-corrected chi connectivity index (χ0v) is 29.8. The summed E-state index contributed by atoms with van der Waals surface area (Å²) in [5, 5.41) is 3.76. The van der Waals surface area contributed by atoms with Crippen LogP contribution >= 0.6 is 18.6 Å². The predicted octanol–water partition coefficient (Wildman–Crippen LogP) is 6.20. The molecule has 0 spiro atoms. The van der Waals surface area contributed by atoms with Crippen LogP contribution in [0.4, 0.5) is 0 Å². The van der Waals surface area contributed by atoms with Gasteiger partial charge in [-0.05, 0) is 65.3 Å². The largest absolute Gasteiger partial charge is 0.459 e. The van der Waals surface area contributed by atoms with Gasteiger partial charge in [-0.1, -0.05) is 112 Å². The minimum atomic E-state index is -3.06. The number of ether oxygens (including phenoxy) is 2. The maximum atomic E-state index is 14.4. The molecule has 3 aromatic carbocycles. The Balaban J connectivity index is 1.56. The molecule has 3 atom stereocenters. The zero-order chi connectivity index (χ0) is 34.3. The number of benzene rings is 3. The number of hydrogen-bond acceptors (Lipinski definition) is 7. The van der Waals surface area contributed by atoms with Crippen LogP contribution < -0.4 is 15.9 Å². The Morgan fingerprint density at radius 1 is 0.938 bits per heavy atom. The summed E-state index contributed by atoms with van der Waals surface area (Å²) in [4.78, 5) is 54.5. The van der Waals surface area contributed by atoms with Gasteiger partial charge in [-0.2, -0.15) is 0 Å². The van der Waals surface area contributed by atoms with Crippen molar-refractivity contribution in [2.75, 3.05) is 6.61 Å². The van der Waals surface area contributed by atoms with Crippen LogP contribution in [0.2, 0.25) is 0 Å². The van der Waals surface area contributed by atoms with Gasteiger partial charge in [0.05, 0.1) is 11.8 Å². The molecule has 2 aliphatic rings. The van der Waals surface area contributed by atoms with Gasteiger partial charge < -0.3 is 9.47 Å². The average molecular weight is 686 g/mol. The molecule has 48 heavy (non-hydrogen) atoms. The van der Waals surface area contributed by atoms with Crippen molar-refractivity contribution < 1.29 is 28.7 Å². The number of carbonyl (C=O) groups is 4. The first-order valence-electron chi connectivity index (χ1n) is 16.5. The van der Waals surface area contributed by atoms with Crippen LogP contribution in [0.25, 0.3) is 0 Å². The fourth-order valence-electron chi connectivity index (χ4n) is 6.62. The standard InChI is InChI=1S/C39H44NO6PS/c1-28(2)39(4)23-14-15-30(26-39)46-36(43)22-24-48-35-25-34(42)40(35)37(38(44)45-27-29(3)41)47(31-16-8-5-9-17-31,32-18-10-6-11-19-32)33-20-12-7-13-21-33/h5-13,16-22,24,28,30,35H,14-15,23,25-27H2,1-4H3/t30-,35+,39-/m0/s1. The van der Waals surface area contributed by atoms with Crippen LogP contribution in [0.3, 0.4) is 0 Å². The summed E-state index contributed by atoms with van der Waals surface area (Å²) in [6, 6.07) is 29.1. The molecule has 1 aliphatic heterocycles. The molecule has 3 aromatic rings. The molecule has 0 N–H and O–H groups in total. The molecule has 1 saturated heterocycles. The summed E-state index contributed by atoms with van der Waals surface area (Å²) in [6.45, 7) is 4.59. The number of nitrogens with zero attached hydrogens (tertiary/aromatic N) is 1. The molecule has 5 rings (SSSR count). The third kappa shape index (κ3) is 7.55. The molecule has 0 unspecified atom stereocenters. The number of thioether (sulfide) groups is 1. The summed E-state index contributed by atoms with van der Waals surface area (Å²) in [5.74, 6) is -1.18. The lowest BCUT2D eigenvalue weighted by Gasteiger charge is -2.44. The van der Waals surface area contributed by atoms with Crippen molar-refractivity contribution in [3.8, 4) is 0 Å². The number of carbonyl (C=O) groups excluding carboxylic acids is 4. The number of amides is 1. The second kappa shape index (κ2) is 15.6. The van der Waals surface area contributed by atoms with Crippen molar-refractivity contribution in [1.29, 1.82) is 0 Å². The summed E-state index contributed by atoms with van der Waals surface area (Å²) < 4.78 is 11.5. The van der Waals surface area contributed by atoms with E-state index >= 15 is 0 Å². The molecule has 9 heteroatoms. The Morgan fingerprint density at radius 2 is 1.48 bits per heavy atom. The molecule has 1 aliphatic carbocycles. The second-order valence-corrected chi connectivity index (χ2v) is 17.5. The topological polar surface area (TPSA) is 90.0 Å². The van der Waals surface area contributed by atoms with Gasteiger partial charge in [0.15, 0.2) is 5.78 Å². The first kappa shape index (κ1) is 35.4. The average Bonchev–Trinajstić information content (AvgIpc) is 3.08. The monoisotopic (exact) mass is 685 g/mol. The number of esters is 2. The van der Waals surface area contributed by atoms with E-state index in [1.165, 1.54) is 29.7 Å². The lowest BCUT2D eigenvalue weighted by molar-refractivity contribution is -0.147. The summed E-state index contributed by atoms with van der Waals surface area (Å²) >= 11 is 1.29. The Morgan fingerprint density at radius 3 is 1.96 bits per heavy atom. The van der Waals surface area contributed by atoms with E-state index < -0.39 is 30.8 Å². The highest BCUT2D eigenvalue weighted by atomic mass is 32.2. The first-order valence-corrected chi connectivity index (χ1v) is 19.2. The predicted molar refractivity (Wildman–Crippen MR) is 195 cm³/mol. The smallest absolute Gasteiger partial charge is 0.356 e. The second-order valence-electron chi connectivity index (χ2n) is 13.1. The Kier molecular flexibility index (Phi) is 11.5. The van der Waals surface area contributed by atoms with Gasteiger partial charge in [0, 0.05) is 13.0 Å². The van der Waals surface area contributed by atoms with Crippen molar-refractivity contribution in [3.63, 3.8) is 0 Å². The van der Waals surface area contributed by atoms with E-state index in [0.29, 0.717) is 5.92 Å². The highest BCUT2D eigenvalue weighted by Gasteiger charge is 2.47. The summed E-state index contributed by atoms with van der Waals surface area (Å²) in [7, 11) is 0. The van der Waals surface area contributed by atoms with Gasteiger partial charge in [0.25, 0.3) is 0 Å². The Bertz CT molecular complexity index is 1600. The molecule has 1 amide bonds. The van der Waals surface area contributed by atoms with Gasteiger partial charge in [0.2, 0.25) is 5.91 Å². The van der Waals surface area contributed by atoms with Crippen LogP contribution in [0.15, 0.2) is 102 Å². The van der Waals surface area contributed by atoms with Crippen LogP contribution in [0.5, 0.6) is 0 Å². The molecule has 1 saturated carbocycles. The number of hydrogen-bond donors (Lipinski definition) is 0. The Hall–Kier alpha value is -3.87. The van der Waals surface area contributed by atoms with Gasteiger partial charge in [-0.3, -0.25) is 14.5 Å². The van der Waals surface area contributed by atoms with Crippen LogP contribution in [0.1, 0.15) is 59.8 Å². The van der Waals surface area contributed by atoms with Crippen LogP contribution in [-0.2, 0) is 28.7 Å². The fraction of sp³-hybridized carbons (Fsp3) is 0.359. The third-order valence-electron chi connectivity index (χ3n) is 9.56.